The van der Waals surface area contributed by atoms with Crippen LogP contribution in [-0.2, 0) is 16.0 Å². The molecule has 0 aliphatic rings. The van der Waals surface area contributed by atoms with Crippen LogP contribution in [0.15, 0.2) is 24.3 Å². The van der Waals surface area contributed by atoms with Crippen LogP contribution in [0.1, 0.15) is 12.5 Å². The van der Waals surface area contributed by atoms with Crippen LogP contribution in [0.25, 0.3) is 0 Å². The number of benzene rings is 1. The van der Waals surface area contributed by atoms with Crippen molar-refractivity contribution in [2.45, 2.75) is 17.7 Å². The lowest BCUT2D eigenvalue weighted by Gasteiger charge is -2.19. The summed E-state index contributed by atoms with van der Waals surface area (Å²) in [5.41, 5.74) is 0.850. The monoisotopic (exact) mass is 301 g/mol. The summed E-state index contributed by atoms with van der Waals surface area (Å²) in [5.74, 6) is -0.379. The molecular formula is C11H12BrNO4. The summed E-state index contributed by atoms with van der Waals surface area (Å²) in [4.78, 5) is 21.4. The fraction of sp³-hybridized carbons (Fsp3) is 0.364. The van der Waals surface area contributed by atoms with Crippen molar-refractivity contribution in [3.05, 3.63) is 39.9 Å². The third kappa shape index (κ3) is 3.52. The average molecular weight is 302 g/mol. The normalized spacial score (nSPS) is 13.8. The van der Waals surface area contributed by atoms with Crippen molar-refractivity contribution in [3.8, 4) is 0 Å². The maximum Gasteiger partial charge on any atom is 0.322 e. The zero-order valence-electron chi connectivity index (χ0n) is 9.47. The molecule has 6 heteroatoms. The number of carbonyl (C=O) groups is 1. The quantitative estimate of drug-likeness (QED) is 0.371. The Morgan fingerprint density at radius 3 is 2.41 bits per heavy atom. The fourth-order valence-electron chi connectivity index (χ4n) is 1.40. The van der Waals surface area contributed by atoms with Gasteiger partial charge in [-0.1, -0.05) is 28.1 Å². The average Bonchev–Trinajstić information content (AvgIpc) is 2.28. The summed E-state index contributed by atoms with van der Waals surface area (Å²) >= 11 is 3.28. The Morgan fingerprint density at radius 1 is 1.47 bits per heavy atom. The summed E-state index contributed by atoms with van der Waals surface area (Å²) in [7, 11) is 1.32. The largest absolute Gasteiger partial charge is 0.468 e. The first-order chi connectivity index (χ1) is 7.86. The van der Waals surface area contributed by atoms with E-state index >= 15 is 0 Å². The number of ether oxygens (including phenoxy) is 1. The van der Waals surface area contributed by atoms with Gasteiger partial charge in [-0.2, -0.15) is 0 Å². The van der Waals surface area contributed by atoms with E-state index in [1.165, 1.54) is 19.2 Å². The van der Waals surface area contributed by atoms with Gasteiger partial charge in [-0.25, -0.2) is 0 Å². The van der Waals surface area contributed by atoms with Crippen LogP contribution in [0.4, 0.5) is 5.69 Å². The molecule has 1 aromatic rings. The standard InChI is InChI=1S/C11H12BrNO4/c1-11(12,10(14)17-2)7-8-3-5-9(6-4-8)13(15)16/h3-6H,7H2,1-2H3. The van der Waals surface area contributed by atoms with Gasteiger partial charge in [0.15, 0.2) is 0 Å². The number of halogens is 1. The second-order valence-electron chi connectivity index (χ2n) is 3.79. The second-order valence-corrected chi connectivity index (χ2v) is 5.54. The number of alkyl halides is 1. The summed E-state index contributed by atoms with van der Waals surface area (Å²) in [6.45, 7) is 1.69. The van der Waals surface area contributed by atoms with E-state index in [0.29, 0.717) is 6.42 Å². The van der Waals surface area contributed by atoms with Crippen molar-refractivity contribution in [2.75, 3.05) is 7.11 Å². The Labute approximate surface area is 107 Å². The number of non-ortho nitro benzene ring substituents is 1. The van der Waals surface area contributed by atoms with Crippen molar-refractivity contribution >= 4 is 27.6 Å². The van der Waals surface area contributed by atoms with Gasteiger partial charge < -0.3 is 4.74 Å². The molecule has 17 heavy (non-hydrogen) atoms. The van der Waals surface area contributed by atoms with Crippen molar-refractivity contribution in [3.63, 3.8) is 0 Å². The highest BCUT2D eigenvalue weighted by Gasteiger charge is 2.31. The fourth-order valence-corrected chi connectivity index (χ4v) is 1.89. The molecule has 1 atom stereocenters. The van der Waals surface area contributed by atoms with Crippen molar-refractivity contribution in [2.24, 2.45) is 0 Å². The first-order valence-electron chi connectivity index (χ1n) is 4.87. The van der Waals surface area contributed by atoms with Crippen LogP contribution < -0.4 is 0 Å². The molecule has 0 aliphatic heterocycles. The molecule has 1 aromatic carbocycles. The van der Waals surface area contributed by atoms with E-state index in [1.54, 1.807) is 19.1 Å². The summed E-state index contributed by atoms with van der Waals surface area (Å²) in [6.07, 6.45) is 0.400. The molecule has 1 rings (SSSR count). The number of hydrogen-bond donors (Lipinski definition) is 0. The summed E-state index contributed by atoms with van der Waals surface area (Å²) < 4.78 is 3.83. The molecule has 0 fully saturated rings. The van der Waals surface area contributed by atoms with E-state index in [2.05, 4.69) is 20.7 Å². The van der Waals surface area contributed by atoms with Crippen LogP contribution in [0.3, 0.4) is 0 Å². The molecule has 5 nitrogen and oxygen atoms in total. The number of esters is 1. The van der Waals surface area contributed by atoms with Crippen molar-refractivity contribution < 1.29 is 14.5 Å². The number of nitro groups is 1. The third-order valence-electron chi connectivity index (χ3n) is 2.29. The minimum Gasteiger partial charge on any atom is -0.468 e. The molecule has 0 saturated heterocycles. The lowest BCUT2D eigenvalue weighted by atomic mass is 10.0. The number of hydrogen-bond acceptors (Lipinski definition) is 4. The Balaban J connectivity index is 2.82. The summed E-state index contributed by atoms with van der Waals surface area (Å²) in [6, 6.07) is 6.08. The molecule has 0 N–H and O–H groups in total. The molecule has 0 amide bonds. The van der Waals surface area contributed by atoms with Gasteiger partial charge in [-0.3, -0.25) is 14.9 Å². The van der Waals surface area contributed by atoms with Crippen LogP contribution in [-0.4, -0.2) is 22.3 Å². The van der Waals surface area contributed by atoms with E-state index in [9.17, 15) is 14.9 Å². The van der Waals surface area contributed by atoms with Crippen LogP contribution in [0.2, 0.25) is 0 Å². The number of carbonyl (C=O) groups excluding carboxylic acids is 1. The lowest BCUT2D eigenvalue weighted by Crippen LogP contribution is -2.31. The van der Waals surface area contributed by atoms with Gasteiger partial charge in [0.05, 0.1) is 12.0 Å². The van der Waals surface area contributed by atoms with E-state index in [1.807, 2.05) is 0 Å². The minimum atomic E-state index is -0.822. The van der Waals surface area contributed by atoms with Gasteiger partial charge in [-0.05, 0) is 18.9 Å². The van der Waals surface area contributed by atoms with Crippen LogP contribution in [0, 0.1) is 10.1 Å². The first-order valence-corrected chi connectivity index (χ1v) is 5.67. The van der Waals surface area contributed by atoms with E-state index in [0.717, 1.165) is 5.56 Å². The maximum absolute atomic E-state index is 11.4. The zero-order chi connectivity index (χ0) is 13.1. The topological polar surface area (TPSA) is 69.4 Å². The Hall–Kier alpha value is -1.43. The highest BCUT2D eigenvalue weighted by Crippen LogP contribution is 2.25. The van der Waals surface area contributed by atoms with E-state index < -0.39 is 9.25 Å². The van der Waals surface area contributed by atoms with Gasteiger partial charge in [0, 0.05) is 12.1 Å². The van der Waals surface area contributed by atoms with Crippen LogP contribution in [0.5, 0.6) is 0 Å². The molecule has 0 saturated carbocycles. The van der Waals surface area contributed by atoms with Crippen LogP contribution >= 0.6 is 15.9 Å². The van der Waals surface area contributed by atoms with Gasteiger partial charge in [0.25, 0.3) is 5.69 Å². The highest BCUT2D eigenvalue weighted by atomic mass is 79.9. The predicted molar refractivity (Wildman–Crippen MR) is 66.1 cm³/mol. The van der Waals surface area contributed by atoms with Gasteiger partial charge >= 0.3 is 5.97 Å². The summed E-state index contributed by atoms with van der Waals surface area (Å²) in [5, 5.41) is 10.5. The first kappa shape index (κ1) is 13.6. The molecule has 0 spiro atoms. The third-order valence-corrected chi connectivity index (χ3v) is 2.90. The van der Waals surface area contributed by atoms with Crippen molar-refractivity contribution in [1.82, 2.24) is 0 Å². The molecule has 1 unspecified atom stereocenters. The van der Waals surface area contributed by atoms with Gasteiger partial charge in [-0.15, -0.1) is 0 Å². The lowest BCUT2D eigenvalue weighted by molar-refractivity contribution is -0.384. The molecule has 0 radical (unpaired) electrons. The van der Waals surface area contributed by atoms with Crippen molar-refractivity contribution in [1.29, 1.82) is 0 Å². The number of rotatable bonds is 4. The zero-order valence-corrected chi connectivity index (χ0v) is 11.1. The number of nitrogens with zero attached hydrogens (tertiary/aromatic N) is 1. The number of methoxy groups -OCH3 is 1. The number of nitro benzene ring substituents is 1. The SMILES string of the molecule is COC(=O)C(C)(Br)Cc1ccc([N+](=O)[O-])cc1. The Bertz CT molecular complexity index is 428. The Kier molecular flexibility index (Phi) is 4.22. The van der Waals surface area contributed by atoms with E-state index in [4.69, 9.17) is 0 Å². The molecular weight excluding hydrogens is 290 g/mol. The molecule has 92 valence electrons. The molecule has 0 aromatic heterocycles. The molecule has 0 bridgehead atoms. The molecule has 0 heterocycles. The highest BCUT2D eigenvalue weighted by molar-refractivity contribution is 9.10. The Morgan fingerprint density at radius 2 is 2.00 bits per heavy atom. The smallest absolute Gasteiger partial charge is 0.322 e. The van der Waals surface area contributed by atoms with Gasteiger partial charge in [0.1, 0.15) is 4.32 Å². The van der Waals surface area contributed by atoms with E-state index in [-0.39, 0.29) is 11.7 Å². The van der Waals surface area contributed by atoms with Gasteiger partial charge in [0.2, 0.25) is 0 Å². The maximum atomic E-state index is 11.4. The predicted octanol–water partition coefficient (Wildman–Crippen LogP) is 2.46. The minimum absolute atomic E-state index is 0.0306. The second kappa shape index (κ2) is 5.27. The molecule has 0 aliphatic carbocycles.